The Morgan fingerprint density at radius 1 is 1.20 bits per heavy atom. The van der Waals surface area contributed by atoms with Gasteiger partial charge in [-0.3, -0.25) is 4.79 Å². The second-order valence-corrected chi connectivity index (χ2v) is 5.23. The first kappa shape index (κ1) is 17.4. The predicted molar refractivity (Wildman–Crippen MR) is 76.5 cm³/mol. The highest BCUT2D eigenvalue weighted by molar-refractivity contribution is 5.83. The number of nitrogens with two attached hydrogens (primary N) is 1. The fourth-order valence-corrected chi connectivity index (χ4v) is 2.52. The largest absolute Gasteiger partial charge is 0.385 e. The molecule has 0 aromatic carbocycles. The summed E-state index contributed by atoms with van der Waals surface area (Å²) in [7, 11) is 3.31. The molecule has 0 atom stereocenters. The van der Waals surface area contributed by atoms with E-state index in [1.54, 1.807) is 14.2 Å². The van der Waals surface area contributed by atoms with Crippen molar-refractivity contribution in [2.24, 2.45) is 11.1 Å². The molecule has 1 aliphatic rings. The van der Waals surface area contributed by atoms with E-state index in [4.69, 9.17) is 19.9 Å². The quantitative estimate of drug-likeness (QED) is 0.616. The maximum Gasteiger partial charge on any atom is 0.230 e. The van der Waals surface area contributed by atoms with E-state index in [1.165, 1.54) is 0 Å². The molecule has 1 aliphatic heterocycles. The number of carbonyl (C=O) groups excluding carboxylic acids is 1. The highest BCUT2D eigenvalue weighted by atomic mass is 16.5. The first-order valence-corrected chi connectivity index (χ1v) is 7.25. The third-order valence-electron chi connectivity index (χ3n) is 3.92. The van der Waals surface area contributed by atoms with Gasteiger partial charge in [-0.25, -0.2) is 0 Å². The summed E-state index contributed by atoms with van der Waals surface area (Å²) in [4.78, 5) is 14.7. The highest BCUT2D eigenvalue weighted by Gasteiger charge is 2.41. The molecular weight excluding hydrogens is 260 g/mol. The molecule has 0 saturated carbocycles. The van der Waals surface area contributed by atoms with Gasteiger partial charge < -0.3 is 24.8 Å². The Hall–Kier alpha value is -0.690. The summed E-state index contributed by atoms with van der Waals surface area (Å²) in [6.07, 6.45) is 2.23. The van der Waals surface area contributed by atoms with E-state index in [-0.39, 0.29) is 5.91 Å². The minimum Gasteiger partial charge on any atom is -0.385 e. The Morgan fingerprint density at radius 2 is 1.85 bits per heavy atom. The van der Waals surface area contributed by atoms with Crippen LogP contribution in [0.5, 0.6) is 0 Å². The second-order valence-electron chi connectivity index (χ2n) is 5.23. The van der Waals surface area contributed by atoms with Gasteiger partial charge in [-0.1, -0.05) is 0 Å². The van der Waals surface area contributed by atoms with Crippen molar-refractivity contribution in [3.63, 3.8) is 0 Å². The number of carbonyl (C=O) groups is 1. The molecule has 2 N–H and O–H groups in total. The van der Waals surface area contributed by atoms with Crippen LogP contribution in [0.2, 0.25) is 0 Å². The third-order valence-corrected chi connectivity index (χ3v) is 3.92. The van der Waals surface area contributed by atoms with Crippen molar-refractivity contribution < 1.29 is 19.0 Å². The van der Waals surface area contributed by atoms with Gasteiger partial charge in [0.15, 0.2) is 0 Å². The summed E-state index contributed by atoms with van der Waals surface area (Å²) in [5.41, 5.74) is 5.44. The molecule has 0 bridgehead atoms. The predicted octanol–water partition coefficient (Wildman–Crippen LogP) is 0.253. The number of rotatable bonds is 9. The number of hydrogen-bond acceptors (Lipinski definition) is 5. The SMILES string of the molecule is COCCCN(CCOC)C(=O)C1(CN)CCOCC1. The molecular formula is C14H28N2O4. The van der Waals surface area contributed by atoms with E-state index >= 15 is 0 Å². The van der Waals surface area contributed by atoms with Crippen LogP contribution >= 0.6 is 0 Å². The Morgan fingerprint density at radius 3 is 2.40 bits per heavy atom. The average molecular weight is 288 g/mol. The van der Waals surface area contributed by atoms with Crippen molar-refractivity contribution in [2.75, 3.05) is 60.3 Å². The number of nitrogens with zero attached hydrogens (tertiary/aromatic N) is 1. The highest BCUT2D eigenvalue weighted by Crippen LogP contribution is 2.31. The van der Waals surface area contributed by atoms with Gasteiger partial charge in [0, 0.05) is 53.7 Å². The molecule has 1 heterocycles. The Kier molecular flexibility index (Phi) is 8.06. The lowest BCUT2D eigenvalue weighted by Gasteiger charge is -2.39. The Balaban J connectivity index is 2.67. The minimum absolute atomic E-state index is 0.136. The topological polar surface area (TPSA) is 74.0 Å². The second kappa shape index (κ2) is 9.28. The van der Waals surface area contributed by atoms with Gasteiger partial charge in [0.25, 0.3) is 0 Å². The van der Waals surface area contributed by atoms with Crippen molar-refractivity contribution >= 4 is 5.91 Å². The van der Waals surface area contributed by atoms with Crippen LogP contribution in [0.25, 0.3) is 0 Å². The van der Waals surface area contributed by atoms with Gasteiger partial charge in [0.1, 0.15) is 0 Å². The van der Waals surface area contributed by atoms with E-state index in [0.717, 1.165) is 6.42 Å². The number of methoxy groups -OCH3 is 2. The summed E-state index contributed by atoms with van der Waals surface area (Å²) in [5, 5.41) is 0. The molecule has 1 amide bonds. The van der Waals surface area contributed by atoms with Crippen LogP contribution in [-0.4, -0.2) is 71.1 Å². The summed E-state index contributed by atoms with van der Waals surface area (Å²) in [5.74, 6) is 0.136. The molecule has 6 nitrogen and oxygen atoms in total. The molecule has 0 radical (unpaired) electrons. The zero-order chi connectivity index (χ0) is 14.8. The zero-order valence-corrected chi connectivity index (χ0v) is 12.7. The van der Waals surface area contributed by atoms with Crippen LogP contribution in [0.1, 0.15) is 19.3 Å². The monoisotopic (exact) mass is 288 g/mol. The first-order chi connectivity index (χ1) is 9.70. The molecule has 1 rings (SSSR count). The smallest absolute Gasteiger partial charge is 0.230 e. The molecule has 1 saturated heterocycles. The van der Waals surface area contributed by atoms with Gasteiger partial charge in [-0.05, 0) is 19.3 Å². The Bertz CT molecular complexity index is 280. The molecule has 6 heteroatoms. The lowest BCUT2D eigenvalue weighted by Crippen LogP contribution is -2.51. The van der Waals surface area contributed by atoms with Gasteiger partial charge in [-0.2, -0.15) is 0 Å². The van der Waals surface area contributed by atoms with Gasteiger partial charge in [0.05, 0.1) is 12.0 Å². The van der Waals surface area contributed by atoms with Crippen LogP contribution in [0, 0.1) is 5.41 Å². The standard InChI is InChI=1S/C14H28N2O4/c1-18-8-3-6-16(7-11-19-2)13(17)14(12-15)4-9-20-10-5-14/h3-12,15H2,1-2H3. The van der Waals surface area contributed by atoms with Crippen molar-refractivity contribution in [3.8, 4) is 0 Å². The van der Waals surface area contributed by atoms with Crippen molar-refractivity contribution in [3.05, 3.63) is 0 Å². The molecule has 0 unspecified atom stereocenters. The molecule has 0 spiro atoms. The average Bonchev–Trinajstić information content (AvgIpc) is 2.50. The summed E-state index contributed by atoms with van der Waals surface area (Å²) >= 11 is 0. The lowest BCUT2D eigenvalue weighted by molar-refractivity contribution is -0.148. The lowest BCUT2D eigenvalue weighted by atomic mass is 9.79. The number of amides is 1. The van der Waals surface area contributed by atoms with Crippen LogP contribution in [0.3, 0.4) is 0 Å². The summed E-state index contributed by atoms with van der Waals surface area (Å²) in [6.45, 7) is 4.06. The first-order valence-electron chi connectivity index (χ1n) is 7.25. The number of hydrogen-bond donors (Lipinski definition) is 1. The fourth-order valence-electron chi connectivity index (χ4n) is 2.52. The molecule has 0 aliphatic carbocycles. The van der Waals surface area contributed by atoms with Crippen molar-refractivity contribution in [2.45, 2.75) is 19.3 Å². The van der Waals surface area contributed by atoms with Crippen molar-refractivity contribution in [1.29, 1.82) is 0 Å². The molecule has 118 valence electrons. The summed E-state index contributed by atoms with van der Waals surface area (Å²) < 4.78 is 15.5. The van der Waals surface area contributed by atoms with Crippen LogP contribution in [0.4, 0.5) is 0 Å². The normalized spacial score (nSPS) is 17.9. The maximum atomic E-state index is 12.8. The van der Waals surface area contributed by atoms with E-state index < -0.39 is 5.41 Å². The minimum atomic E-state index is -0.459. The number of ether oxygens (including phenoxy) is 3. The summed E-state index contributed by atoms with van der Waals surface area (Å²) in [6, 6.07) is 0. The van der Waals surface area contributed by atoms with Gasteiger partial charge in [0.2, 0.25) is 5.91 Å². The van der Waals surface area contributed by atoms with Crippen LogP contribution < -0.4 is 5.73 Å². The van der Waals surface area contributed by atoms with Crippen molar-refractivity contribution in [1.82, 2.24) is 4.90 Å². The van der Waals surface area contributed by atoms with E-state index in [1.807, 2.05) is 4.90 Å². The van der Waals surface area contributed by atoms with Gasteiger partial charge in [-0.15, -0.1) is 0 Å². The van der Waals surface area contributed by atoms with E-state index in [2.05, 4.69) is 0 Å². The van der Waals surface area contributed by atoms with E-state index in [0.29, 0.717) is 58.9 Å². The fraction of sp³-hybridized carbons (Fsp3) is 0.929. The third kappa shape index (κ3) is 4.70. The van der Waals surface area contributed by atoms with Crippen LogP contribution in [0.15, 0.2) is 0 Å². The zero-order valence-electron chi connectivity index (χ0n) is 12.7. The molecule has 0 aromatic rings. The van der Waals surface area contributed by atoms with E-state index in [9.17, 15) is 4.79 Å². The molecule has 0 aromatic heterocycles. The maximum absolute atomic E-state index is 12.8. The Labute approximate surface area is 121 Å². The van der Waals surface area contributed by atoms with Crippen LogP contribution in [-0.2, 0) is 19.0 Å². The molecule has 20 heavy (non-hydrogen) atoms. The molecule has 1 fully saturated rings. The van der Waals surface area contributed by atoms with Gasteiger partial charge >= 0.3 is 0 Å².